The Morgan fingerprint density at radius 1 is 1.04 bits per heavy atom. The molecule has 3 aromatic rings. The predicted octanol–water partition coefficient (Wildman–Crippen LogP) is 4.12. The smallest absolute Gasteiger partial charge is 0.356 e. The van der Waals surface area contributed by atoms with Gasteiger partial charge in [-0.25, -0.2) is 9.97 Å². The monoisotopic (exact) mass is 387 g/mol. The van der Waals surface area contributed by atoms with Crippen molar-refractivity contribution in [2.45, 2.75) is 31.5 Å². The van der Waals surface area contributed by atoms with Gasteiger partial charge in [0, 0.05) is 56.5 Å². The summed E-state index contributed by atoms with van der Waals surface area (Å²) in [7, 11) is 0. The Hall–Kier alpha value is -2.90. The molecule has 28 heavy (non-hydrogen) atoms. The van der Waals surface area contributed by atoms with Gasteiger partial charge in [0.05, 0.1) is 5.56 Å². The lowest BCUT2D eigenvalue weighted by Crippen LogP contribution is -2.36. The standard InChI is InChI=1S/C20H20F3N5/c21-20(22,23)17-5-8-25-18(12-17)27-10-1-2-16(14-27)19-26-9-11-28(19)13-15-3-6-24-7-4-15/h3-9,11-12,16H,1-2,10,13-14H2. The molecule has 0 amide bonds. The van der Waals surface area contributed by atoms with Gasteiger partial charge >= 0.3 is 6.18 Å². The third-order valence-corrected chi connectivity index (χ3v) is 5.03. The first-order chi connectivity index (χ1) is 13.5. The molecule has 0 N–H and O–H groups in total. The van der Waals surface area contributed by atoms with E-state index in [1.807, 2.05) is 23.2 Å². The van der Waals surface area contributed by atoms with E-state index in [-0.39, 0.29) is 5.92 Å². The molecule has 3 aromatic heterocycles. The van der Waals surface area contributed by atoms with Crippen LogP contribution in [0, 0.1) is 0 Å². The molecule has 4 heterocycles. The van der Waals surface area contributed by atoms with E-state index in [1.165, 1.54) is 6.20 Å². The number of alkyl halides is 3. The molecule has 0 saturated carbocycles. The van der Waals surface area contributed by atoms with Crippen LogP contribution >= 0.6 is 0 Å². The quantitative estimate of drug-likeness (QED) is 0.676. The molecular weight excluding hydrogens is 367 g/mol. The van der Waals surface area contributed by atoms with Crippen molar-refractivity contribution in [3.05, 3.63) is 72.2 Å². The van der Waals surface area contributed by atoms with Crippen LogP contribution in [0.3, 0.4) is 0 Å². The fraction of sp³-hybridized carbons (Fsp3) is 0.350. The minimum absolute atomic E-state index is 0.141. The molecule has 0 radical (unpaired) electrons. The zero-order chi connectivity index (χ0) is 19.6. The summed E-state index contributed by atoms with van der Waals surface area (Å²) in [6.45, 7) is 1.98. The van der Waals surface area contributed by atoms with Gasteiger partial charge in [-0.3, -0.25) is 4.98 Å². The van der Waals surface area contributed by atoms with Crippen molar-refractivity contribution in [1.29, 1.82) is 0 Å². The minimum Gasteiger partial charge on any atom is -0.356 e. The largest absolute Gasteiger partial charge is 0.416 e. The van der Waals surface area contributed by atoms with Crippen molar-refractivity contribution in [3.8, 4) is 0 Å². The lowest BCUT2D eigenvalue weighted by Gasteiger charge is -2.33. The lowest BCUT2D eigenvalue weighted by molar-refractivity contribution is -0.137. The molecule has 0 bridgehead atoms. The highest BCUT2D eigenvalue weighted by Gasteiger charge is 2.32. The van der Waals surface area contributed by atoms with Gasteiger partial charge in [-0.05, 0) is 42.7 Å². The molecule has 1 unspecified atom stereocenters. The van der Waals surface area contributed by atoms with Gasteiger partial charge in [0.15, 0.2) is 0 Å². The molecule has 1 aliphatic rings. The number of aromatic nitrogens is 4. The van der Waals surface area contributed by atoms with E-state index >= 15 is 0 Å². The summed E-state index contributed by atoms with van der Waals surface area (Å²) in [5, 5.41) is 0. The van der Waals surface area contributed by atoms with E-state index in [2.05, 4.69) is 19.5 Å². The van der Waals surface area contributed by atoms with Crippen molar-refractivity contribution in [3.63, 3.8) is 0 Å². The average molecular weight is 387 g/mol. The third kappa shape index (κ3) is 4.00. The fourth-order valence-electron chi connectivity index (χ4n) is 3.66. The van der Waals surface area contributed by atoms with Crippen LogP contribution in [0.15, 0.2) is 55.2 Å². The molecule has 1 fully saturated rings. The zero-order valence-electron chi connectivity index (χ0n) is 15.2. The van der Waals surface area contributed by atoms with Crippen molar-refractivity contribution < 1.29 is 13.2 Å². The molecular formula is C20H20F3N5. The van der Waals surface area contributed by atoms with E-state index in [0.717, 1.165) is 36.4 Å². The van der Waals surface area contributed by atoms with Crippen molar-refractivity contribution >= 4 is 5.82 Å². The first kappa shape index (κ1) is 18.5. The summed E-state index contributed by atoms with van der Waals surface area (Å²) >= 11 is 0. The second kappa shape index (κ2) is 7.61. The number of hydrogen-bond donors (Lipinski definition) is 0. The Morgan fingerprint density at radius 2 is 1.86 bits per heavy atom. The van der Waals surface area contributed by atoms with Crippen LogP contribution in [0.4, 0.5) is 19.0 Å². The summed E-state index contributed by atoms with van der Waals surface area (Å²) < 4.78 is 41.2. The summed E-state index contributed by atoms with van der Waals surface area (Å²) in [5.74, 6) is 1.46. The normalized spacial score (nSPS) is 17.7. The maximum absolute atomic E-state index is 13.0. The van der Waals surface area contributed by atoms with Gasteiger partial charge in [-0.1, -0.05) is 0 Å². The summed E-state index contributed by atoms with van der Waals surface area (Å²) in [6, 6.07) is 6.06. The van der Waals surface area contributed by atoms with E-state index in [1.54, 1.807) is 18.6 Å². The Kier molecular flexibility index (Phi) is 5.02. The number of pyridine rings is 2. The van der Waals surface area contributed by atoms with Crippen LogP contribution in [0.5, 0.6) is 0 Å². The maximum Gasteiger partial charge on any atom is 0.416 e. The van der Waals surface area contributed by atoms with Gasteiger partial charge in [0.1, 0.15) is 11.6 Å². The van der Waals surface area contributed by atoms with Crippen LogP contribution in [0.25, 0.3) is 0 Å². The first-order valence-electron chi connectivity index (χ1n) is 9.19. The number of rotatable bonds is 4. The summed E-state index contributed by atoms with van der Waals surface area (Å²) in [5.41, 5.74) is 0.459. The molecule has 1 aliphatic heterocycles. The topological polar surface area (TPSA) is 46.8 Å². The fourth-order valence-corrected chi connectivity index (χ4v) is 3.66. The predicted molar refractivity (Wildman–Crippen MR) is 99.0 cm³/mol. The van der Waals surface area contributed by atoms with Crippen LogP contribution < -0.4 is 4.90 Å². The van der Waals surface area contributed by atoms with Gasteiger partial charge in [-0.15, -0.1) is 0 Å². The Balaban J connectivity index is 1.53. The van der Waals surface area contributed by atoms with E-state index in [0.29, 0.717) is 25.5 Å². The highest BCUT2D eigenvalue weighted by atomic mass is 19.4. The van der Waals surface area contributed by atoms with Gasteiger partial charge in [-0.2, -0.15) is 13.2 Å². The first-order valence-corrected chi connectivity index (χ1v) is 9.19. The Bertz CT molecular complexity index is 923. The van der Waals surface area contributed by atoms with Crippen molar-refractivity contribution in [2.24, 2.45) is 0 Å². The number of nitrogens with zero attached hydrogens (tertiary/aromatic N) is 5. The van der Waals surface area contributed by atoms with E-state index in [4.69, 9.17) is 0 Å². The molecule has 0 aromatic carbocycles. The average Bonchev–Trinajstić information content (AvgIpc) is 3.16. The minimum atomic E-state index is -4.37. The number of hydrogen-bond acceptors (Lipinski definition) is 4. The SMILES string of the molecule is FC(F)(F)c1ccnc(N2CCCC(c3nccn3Cc3ccncc3)C2)c1. The number of imidazole rings is 1. The number of anilines is 1. The van der Waals surface area contributed by atoms with E-state index < -0.39 is 11.7 Å². The summed E-state index contributed by atoms with van der Waals surface area (Å²) in [4.78, 5) is 14.7. The van der Waals surface area contributed by atoms with Crippen LogP contribution in [0.1, 0.15) is 35.7 Å². The zero-order valence-corrected chi connectivity index (χ0v) is 15.2. The van der Waals surface area contributed by atoms with Crippen LogP contribution in [-0.2, 0) is 12.7 Å². The molecule has 1 saturated heterocycles. The Morgan fingerprint density at radius 3 is 2.64 bits per heavy atom. The molecule has 1 atom stereocenters. The Labute approximate surface area is 160 Å². The number of piperidine rings is 1. The highest BCUT2D eigenvalue weighted by Crippen LogP contribution is 2.33. The molecule has 4 rings (SSSR count). The molecule has 146 valence electrons. The van der Waals surface area contributed by atoms with Gasteiger partial charge in [0.2, 0.25) is 0 Å². The van der Waals surface area contributed by atoms with Crippen LogP contribution in [0.2, 0.25) is 0 Å². The van der Waals surface area contributed by atoms with Crippen molar-refractivity contribution in [1.82, 2.24) is 19.5 Å². The molecule has 0 aliphatic carbocycles. The van der Waals surface area contributed by atoms with E-state index in [9.17, 15) is 13.2 Å². The second-order valence-electron chi connectivity index (χ2n) is 6.95. The number of halogens is 3. The second-order valence-corrected chi connectivity index (χ2v) is 6.95. The highest BCUT2D eigenvalue weighted by molar-refractivity contribution is 5.43. The van der Waals surface area contributed by atoms with Gasteiger partial charge < -0.3 is 9.47 Å². The summed E-state index contributed by atoms with van der Waals surface area (Å²) in [6.07, 6.45) is 5.92. The van der Waals surface area contributed by atoms with Crippen LogP contribution in [-0.4, -0.2) is 32.6 Å². The third-order valence-electron chi connectivity index (χ3n) is 5.03. The molecule has 0 spiro atoms. The van der Waals surface area contributed by atoms with Crippen molar-refractivity contribution in [2.75, 3.05) is 18.0 Å². The molecule has 5 nitrogen and oxygen atoms in total. The lowest BCUT2D eigenvalue weighted by atomic mass is 9.97. The van der Waals surface area contributed by atoms with Gasteiger partial charge in [0.25, 0.3) is 0 Å². The molecule has 8 heteroatoms. The maximum atomic E-state index is 13.0.